The first kappa shape index (κ1) is 17.4. The van der Waals surface area contributed by atoms with Gasteiger partial charge in [-0.1, -0.05) is 58.0 Å². The quantitative estimate of drug-likeness (QED) is 0.441. The summed E-state index contributed by atoms with van der Waals surface area (Å²) in [4.78, 5) is -0.533. The highest BCUT2D eigenvalue weighted by Crippen LogP contribution is 2.50. The molecule has 1 rings (SSSR count). The van der Waals surface area contributed by atoms with Gasteiger partial charge in [0.15, 0.2) is 5.84 Å². The number of nitrogens with one attached hydrogen (secondary N) is 1. The minimum Gasteiger partial charge on any atom is -0.288 e. The molecular weight excluding hydrogens is 386 g/mol. The van der Waals surface area contributed by atoms with Gasteiger partial charge >= 0.3 is 12.2 Å². The van der Waals surface area contributed by atoms with Crippen molar-refractivity contribution < 1.29 is 22.0 Å². The number of hydrazone groups is 1. The smallest absolute Gasteiger partial charge is 0.288 e. The maximum absolute atomic E-state index is 13.2. The van der Waals surface area contributed by atoms with Crippen LogP contribution in [0, 0.1) is 0 Å². The lowest BCUT2D eigenvalue weighted by molar-refractivity contribution is -0.326. The van der Waals surface area contributed by atoms with Gasteiger partial charge in [-0.15, -0.1) is 0 Å². The molecule has 13 heteroatoms. The summed E-state index contributed by atoms with van der Waals surface area (Å²) in [6.07, 6.45) is -5.89. The Morgan fingerprint density at radius 3 is 1.84 bits per heavy atom. The molecule has 3 nitrogen and oxygen atoms in total. The maximum atomic E-state index is 13.2. The van der Waals surface area contributed by atoms with E-state index in [1.54, 1.807) is 0 Å². The molecule has 0 aromatic heterocycles. The van der Waals surface area contributed by atoms with Crippen LogP contribution in [0.5, 0.6) is 0 Å². The number of alkyl halides is 10. The summed E-state index contributed by atoms with van der Waals surface area (Å²) < 4.78 is 58.0. The van der Waals surface area contributed by atoms with Gasteiger partial charge in [-0.2, -0.15) is 27.1 Å². The van der Waals surface area contributed by atoms with Crippen molar-refractivity contribution in [2.45, 2.75) is 20.3 Å². The Morgan fingerprint density at radius 2 is 1.47 bits per heavy atom. The highest BCUT2D eigenvalue weighted by Gasteiger charge is 2.67. The summed E-state index contributed by atoms with van der Waals surface area (Å²) in [5.74, 6) is -1.15. The normalized spacial score (nSPS) is 18.4. The van der Waals surface area contributed by atoms with Gasteiger partial charge in [0.05, 0.1) is 0 Å². The van der Waals surface area contributed by atoms with E-state index in [9.17, 15) is 22.0 Å². The Balaban J connectivity index is 3.18. The Bertz CT molecular complexity index is 390. The largest absolute Gasteiger partial charge is 0.475 e. The number of hydrogen-bond acceptors (Lipinski definition) is 3. The molecule has 19 heavy (non-hydrogen) atoms. The minimum atomic E-state index is -5.89. The molecule has 0 radical (unpaired) electrons. The topological polar surface area (TPSA) is 27.6 Å². The van der Waals surface area contributed by atoms with E-state index in [-0.39, 0.29) is 0 Å². The summed E-state index contributed by atoms with van der Waals surface area (Å²) in [5.41, 5.74) is 1.87. The molecule has 1 aliphatic heterocycles. The minimum absolute atomic E-state index is 0.533. The second-order valence-electron chi connectivity index (χ2n) is 3.29. The monoisotopic (exact) mass is 387 g/mol. The highest BCUT2D eigenvalue weighted by atomic mass is 35.6. The Labute approximate surface area is 128 Å². The molecule has 0 unspecified atom stereocenters. The molecule has 1 heterocycles. The molecule has 0 fully saturated rings. The van der Waals surface area contributed by atoms with E-state index in [0.717, 1.165) is 0 Å². The predicted octanol–water partition coefficient (Wildman–Crippen LogP) is 3.86. The molecule has 0 saturated carbocycles. The highest BCUT2D eigenvalue weighted by molar-refractivity contribution is 6.79. The van der Waals surface area contributed by atoms with E-state index in [4.69, 9.17) is 58.0 Å². The molecule has 0 aliphatic carbocycles. The third-order valence-corrected chi connectivity index (χ3v) is 4.32. The summed E-state index contributed by atoms with van der Waals surface area (Å²) in [5, 5.41) is 3.13. The third-order valence-electron chi connectivity index (χ3n) is 1.99. The second-order valence-corrected chi connectivity index (χ2v) is 6.90. The van der Waals surface area contributed by atoms with E-state index in [1.165, 1.54) is 0 Å². The van der Waals surface area contributed by atoms with Crippen LogP contribution in [-0.2, 0) is 0 Å². The van der Waals surface area contributed by atoms with Crippen LogP contribution >= 0.6 is 58.0 Å². The fourth-order valence-electron chi connectivity index (χ4n) is 1.07. The Morgan fingerprint density at radius 1 is 1.00 bits per heavy atom. The molecule has 0 atom stereocenters. The molecule has 0 aromatic carbocycles. The van der Waals surface area contributed by atoms with Crippen LogP contribution in [0.1, 0.15) is 0 Å². The molecule has 0 aromatic rings. The van der Waals surface area contributed by atoms with Crippen LogP contribution in [0.2, 0.25) is 0 Å². The van der Waals surface area contributed by atoms with Crippen LogP contribution in [0.3, 0.4) is 0 Å². The molecule has 1 aliphatic rings. The lowest BCUT2D eigenvalue weighted by Crippen LogP contribution is -2.59. The molecule has 1 N–H and O–H groups in total. The van der Waals surface area contributed by atoms with Gasteiger partial charge in [0, 0.05) is 0 Å². The van der Waals surface area contributed by atoms with Crippen molar-refractivity contribution in [3.63, 3.8) is 0 Å². The lowest BCUT2D eigenvalue weighted by Gasteiger charge is -2.36. The third kappa shape index (κ3) is 3.02. The van der Waals surface area contributed by atoms with Crippen molar-refractivity contribution in [3.05, 3.63) is 0 Å². The molecule has 0 saturated heterocycles. The molecule has 0 amide bonds. The van der Waals surface area contributed by atoms with Crippen molar-refractivity contribution in [2.75, 3.05) is 6.67 Å². The number of nitrogens with zero attached hydrogens (tertiary/aromatic N) is 2. The zero-order chi connectivity index (χ0) is 15.3. The number of amidine groups is 1. The van der Waals surface area contributed by atoms with E-state index >= 15 is 0 Å². The molecule has 112 valence electrons. The molecular formula is C6H3Cl5F5N3. The fraction of sp³-hybridized carbons (Fsp3) is 0.833. The zero-order valence-corrected chi connectivity index (χ0v) is 12.2. The van der Waals surface area contributed by atoms with Crippen molar-refractivity contribution in [3.8, 4) is 0 Å². The van der Waals surface area contributed by atoms with Gasteiger partial charge < -0.3 is 0 Å². The Hall–Kier alpha value is 0.370. The first-order valence-electron chi connectivity index (χ1n) is 4.20. The first-order valence-corrected chi connectivity index (χ1v) is 6.09. The van der Waals surface area contributed by atoms with Gasteiger partial charge in [-0.3, -0.25) is 10.3 Å². The summed E-state index contributed by atoms with van der Waals surface area (Å²) in [6, 6.07) is -5.29. The Kier molecular flexibility index (Phi) is 4.56. The molecule has 0 bridgehead atoms. The maximum Gasteiger partial charge on any atom is 0.475 e. The average molecular weight is 389 g/mol. The van der Waals surface area contributed by atoms with Crippen LogP contribution in [0.15, 0.2) is 5.10 Å². The predicted molar refractivity (Wildman–Crippen MR) is 63.0 cm³/mol. The summed E-state index contributed by atoms with van der Waals surface area (Å²) in [7, 11) is 0. The van der Waals surface area contributed by atoms with Gasteiger partial charge in [0.1, 0.15) is 6.67 Å². The molecule has 0 spiro atoms. The van der Waals surface area contributed by atoms with Crippen molar-refractivity contribution in [1.29, 1.82) is 0 Å². The number of rotatable bonds is 2. The van der Waals surface area contributed by atoms with Crippen molar-refractivity contribution in [1.82, 2.24) is 10.3 Å². The second kappa shape index (κ2) is 4.98. The zero-order valence-electron chi connectivity index (χ0n) is 8.38. The van der Waals surface area contributed by atoms with E-state index in [2.05, 4.69) is 5.10 Å². The fourth-order valence-corrected chi connectivity index (χ4v) is 1.61. The van der Waals surface area contributed by atoms with Gasteiger partial charge in [0.25, 0.3) is 0 Å². The van der Waals surface area contributed by atoms with Crippen LogP contribution in [0.4, 0.5) is 22.0 Å². The lowest BCUT2D eigenvalue weighted by atomic mass is 10.3. The van der Waals surface area contributed by atoms with Crippen molar-refractivity contribution in [2.24, 2.45) is 5.10 Å². The van der Waals surface area contributed by atoms with Gasteiger partial charge in [-0.25, -0.2) is 0 Å². The van der Waals surface area contributed by atoms with Crippen LogP contribution in [-0.4, -0.2) is 37.8 Å². The first-order chi connectivity index (χ1) is 8.23. The SMILES string of the molecule is FC(F)(F)C(F)(F)N1CNN=C1C(Cl)(Cl)C(Cl)(Cl)Cl. The van der Waals surface area contributed by atoms with Crippen LogP contribution in [0.25, 0.3) is 0 Å². The number of hydrogen-bond donors (Lipinski definition) is 1. The standard InChI is InChI=1S/C6H3Cl5F5N3/c7-3(8,4(9,10)11)2-18-17-1-19(2)6(15,16)5(12,13)14/h17H,1H2. The summed E-state index contributed by atoms with van der Waals surface area (Å²) in [6.45, 7) is -1.01. The van der Waals surface area contributed by atoms with E-state index in [1.807, 2.05) is 5.43 Å². The van der Waals surface area contributed by atoms with Crippen molar-refractivity contribution >= 4 is 63.8 Å². The van der Waals surface area contributed by atoms with E-state index in [0.29, 0.717) is 0 Å². The number of halogens is 10. The average Bonchev–Trinajstić information content (AvgIpc) is 2.62. The van der Waals surface area contributed by atoms with Gasteiger partial charge in [0.2, 0.25) is 8.13 Å². The summed E-state index contributed by atoms with van der Waals surface area (Å²) >= 11 is 27.1. The van der Waals surface area contributed by atoms with E-state index < -0.39 is 37.8 Å². The van der Waals surface area contributed by atoms with Gasteiger partial charge in [-0.05, 0) is 0 Å². The van der Waals surface area contributed by atoms with Crippen LogP contribution < -0.4 is 5.43 Å².